The summed E-state index contributed by atoms with van der Waals surface area (Å²) < 4.78 is 0. The molecule has 1 N–H and O–H groups in total. The molecule has 0 aliphatic rings. The number of hydrogen-bond acceptors (Lipinski definition) is 1. The molecule has 0 bridgehead atoms. The van der Waals surface area contributed by atoms with Crippen molar-refractivity contribution in [2.24, 2.45) is 0 Å². The molecular formula is C18H31N. The smallest absolute Gasteiger partial charge is 0.0210 e. The lowest BCUT2D eigenvalue weighted by Crippen LogP contribution is -2.25. The van der Waals surface area contributed by atoms with E-state index in [0.29, 0.717) is 6.04 Å². The summed E-state index contributed by atoms with van der Waals surface area (Å²) in [5.74, 6) is 0. The first kappa shape index (κ1) is 16.2. The van der Waals surface area contributed by atoms with Crippen molar-refractivity contribution in [2.75, 3.05) is 0 Å². The lowest BCUT2D eigenvalue weighted by molar-refractivity contribution is 0.479. The fraction of sp³-hybridized carbons (Fsp3) is 0.667. The highest BCUT2D eigenvalue weighted by Crippen LogP contribution is 2.11. The number of nitrogens with one attached hydrogen (secondary N) is 1. The number of hydrogen-bond donors (Lipinski definition) is 1. The molecule has 0 aromatic heterocycles. The first-order valence-corrected chi connectivity index (χ1v) is 8.08. The summed E-state index contributed by atoms with van der Waals surface area (Å²) in [5, 5.41) is 3.66. The molecule has 0 amide bonds. The predicted molar refractivity (Wildman–Crippen MR) is 85.5 cm³/mol. The van der Waals surface area contributed by atoms with Gasteiger partial charge in [0.1, 0.15) is 0 Å². The second kappa shape index (κ2) is 10.0. The van der Waals surface area contributed by atoms with E-state index in [2.05, 4.69) is 50.4 Å². The molecule has 0 saturated heterocycles. The molecule has 1 aromatic carbocycles. The van der Waals surface area contributed by atoms with E-state index >= 15 is 0 Å². The summed E-state index contributed by atoms with van der Waals surface area (Å²) in [5.41, 5.74) is 2.94. The quantitative estimate of drug-likeness (QED) is 0.579. The zero-order valence-electron chi connectivity index (χ0n) is 13.0. The van der Waals surface area contributed by atoms with Crippen molar-refractivity contribution in [2.45, 2.75) is 78.3 Å². The van der Waals surface area contributed by atoms with Gasteiger partial charge in [-0.2, -0.15) is 0 Å². The lowest BCUT2D eigenvalue weighted by Gasteiger charge is -2.15. The van der Waals surface area contributed by atoms with Crippen molar-refractivity contribution < 1.29 is 0 Å². The molecule has 0 aliphatic heterocycles. The van der Waals surface area contributed by atoms with E-state index in [4.69, 9.17) is 0 Å². The maximum absolute atomic E-state index is 3.66. The number of benzene rings is 1. The van der Waals surface area contributed by atoms with Crippen LogP contribution < -0.4 is 5.32 Å². The van der Waals surface area contributed by atoms with Crippen LogP contribution in [0.15, 0.2) is 24.3 Å². The van der Waals surface area contributed by atoms with Crippen molar-refractivity contribution >= 4 is 0 Å². The highest BCUT2D eigenvalue weighted by molar-refractivity contribution is 5.26. The van der Waals surface area contributed by atoms with Crippen LogP contribution in [-0.2, 0) is 13.0 Å². The van der Waals surface area contributed by atoms with Gasteiger partial charge in [0.2, 0.25) is 0 Å². The van der Waals surface area contributed by atoms with Crippen LogP contribution in [-0.4, -0.2) is 6.04 Å². The van der Waals surface area contributed by atoms with Crippen molar-refractivity contribution in [3.63, 3.8) is 0 Å². The summed E-state index contributed by atoms with van der Waals surface area (Å²) in [7, 11) is 0. The van der Waals surface area contributed by atoms with Crippen molar-refractivity contribution in [3.05, 3.63) is 35.4 Å². The van der Waals surface area contributed by atoms with Gasteiger partial charge in [0.25, 0.3) is 0 Å². The third-order valence-corrected chi connectivity index (χ3v) is 3.88. The third-order valence-electron chi connectivity index (χ3n) is 3.88. The van der Waals surface area contributed by atoms with Gasteiger partial charge in [-0.3, -0.25) is 0 Å². The summed E-state index contributed by atoms with van der Waals surface area (Å²) in [6.07, 6.45) is 9.32. The molecule has 1 rings (SSSR count). The van der Waals surface area contributed by atoms with Crippen LogP contribution in [0, 0.1) is 0 Å². The topological polar surface area (TPSA) is 12.0 Å². The molecule has 1 unspecified atom stereocenters. The van der Waals surface area contributed by atoms with Gasteiger partial charge >= 0.3 is 0 Å². The lowest BCUT2D eigenvalue weighted by atomic mass is 10.0. The minimum absolute atomic E-state index is 0.631. The zero-order valence-corrected chi connectivity index (χ0v) is 13.0. The molecule has 0 saturated carbocycles. The standard InChI is InChI=1S/C18H31N/c1-4-6-7-8-9-12-16(3)19-15-18-14-11-10-13-17(18)5-2/h10-11,13-14,16,19H,4-9,12,15H2,1-3H3. The van der Waals surface area contributed by atoms with Crippen LogP contribution in [0.25, 0.3) is 0 Å². The van der Waals surface area contributed by atoms with Crippen LogP contribution in [0.4, 0.5) is 0 Å². The molecule has 0 fully saturated rings. The molecule has 1 atom stereocenters. The maximum atomic E-state index is 3.66. The Morgan fingerprint density at radius 3 is 2.32 bits per heavy atom. The van der Waals surface area contributed by atoms with Crippen LogP contribution in [0.2, 0.25) is 0 Å². The Morgan fingerprint density at radius 2 is 1.63 bits per heavy atom. The Kier molecular flexibility index (Phi) is 8.57. The van der Waals surface area contributed by atoms with E-state index < -0.39 is 0 Å². The largest absolute Gasteiger partial charge is 0.310 e. The summed E-state index contributed by atoms with van der Waals surface area (Å²) in [6.45, 7) is 7.83. The first-order chi connectivity index (χ1) is 9.27. The van der Waals surface area contributed by atoms with Gasteiger partial charge in [0.05, 0.1) is 0 Å². The van der Waals surface area contributed by atoms with E-state index in [1.807, 2.05) is 0 Å². The number of unbranched alkanes of at least 4 members (excludes halogenated alkanes) is 4. The molecule has 19 heavy (non-hydrogen) atoms. The van der Waals surface area contributed by atoms with Gasteiger partial charge in [0, 0.05) is 12.6 Å². The zero-order chi connectivity index (χ0) is 13.9. The van der Waals surface area contributed by atoms with Gasteiger partial charge in [-0.25, -0.2) is 0 Å². The molecule has 0 aliphatic carbocycles. The summed E-state index contributed by atoms with van der Waals surface area (Å²) in [6, 6.07) is 9.41. The average Bonchev–Trinajstić information content (AvgIpc) is 2.45. The van der Waals surface area contributed by atoms with E-state index in [0.717, 1.165) is 13.0 Å². The van der Waals surface area contributed by atoms with Gasteiger partial charge < -0.3 is 5.32 Å². The van der Waals surface area contributed by atoms with Crippen LogP contribution in [0.1, 0.15) is 70.4 Å². The average molecular weight is 261 g/mol. The van der Waals surface area contributed by atoms with Crippen molar-refractivity contribution in [1.82, 2.24) is 5.32 Å². The Balaban J connectivity index is 2.20. The Hall–Kier alpha value is -0.820. The molecule has 0 spiro atoms. The molecule has 108 valence electrons. The number of aryl methyl sites for hydroxylation is 1. The molecule has 1 aromatic rings. The Morgan fingerprint density at radius 1 is 0.947 bits per heavy atom. The normalized spacial score (nSPS) is 12.6. The predicted octanol–water partition coefficient (Wildman–Crippen LogP) is 5.09. The van der Waals surface area contributed by atoms with E-state index in [1.165, 1.54) is 49.7 Å². The minimum atomic E-state index is 0.631. The van der Waals surface area contributed by atoms with Gasteiger partial charge in [-0.05, 0) is 30.9 Å². The maximum Gasteiger partial charge on any atom is 0.0210 e. The van der Waals surface area contributed by atoms with Gasteiger partial charge in [-0.15, -0.1) is 0 Å². The fourth-order valence-corrected chi connectivity index (χ4v) is 2.52. The minimum Gasteiger partial charge on any atom is -0.310 e. The van der Waals surface area contributed by atoms with Crippen LogP contribution >= 0.6 is 0 Å². The fourth-order valence-electron chi connectivity index (χ4n) is 2.52. The second-order valence-corrected chi connectivity index (χ2v) is 5.61. The third kappa shape index (κ3) is 6.77. The molecule has 1 nitrogen and oxygen atoms in total. The van der Waals surface area contributed by atoms with E-state index in [-0.39, 0.29) is 0 Å². The van der Waals surface area contributed by atoms with Crippen LogP contribution in [0.3, 0.4) is 0 Å². The van der Waals surface area contributed by atoms with Crippen molar-refractivity contribution in [1.29, 1.82) is 0 Å². The summed E-state index contributed by atoms with van der Waals surface area (Å²) in [4.78, 5) is 0. The Labute approximate surface area is 119 Å². The molecule has 0 radical (unpaired) electrons. The first-order valence-electron chi connectivity index (χ1n) is 8.08. The van der Waals surface area contributed by atoms with E-state index in [9.17, 15) is 0 Å². The molecule has 1 heteroatoms. The molecule has 0 heterocycles. The van der Waals surface area contributed by atoms with Gasteiger partial charge in [0.15, 0.2) is 0 Å². The van der Waals surface area contributed by atoms with Crippen molar-refractivity contribution in [3.8, 4) is 0 Å². The highest BCUT2D eigenvalue weighted by atomic mass is 14.9. The van der Waals surface area contributed by atoms with Gasteiger partial charge in [-0.1, -0.05) is 70.2 Å². The monoisotopic (exact) mass is 261 g/mol. The Bertz CT molecular complexity index is 332. The molecular weight excluding hydrogens is 230 g/mol. The van der Waals surface area contributed by atoms with E-state index in [1.54, 1.807) is 0 Å². The second-order valence-electron chi connectivity index (χ2n) is 5.61. The highest BCUT2D eigenvalue weighted by Gasteiger charge is 2.03. The number of rotatable bonds is 10. The summed E-state index contributed by atoms with van der Waals surface area (Å²) >= 11 is 0. The SMILES string of the molecule is CCCCCCCC(C)NCc1ccccc1CC. The van der Waals surface area contributed by atoms with Crippen LogP contribution in [0.5, 0.6) is 0 Å².